The minimum absolute atomic E-state index is 0.0481. The van der Waals surface area contributed by atoms with Gasteiger partial charge in [0.15, 0.2) is 5.01 Å². The van der Waals surface area contributed by atoms with Crippen LogP contribution >= 0.6 is 22.7 Å². The molecule has 20 heavy (non-hydrogen) atoms. The van der Waals surface area contributed by atoms with Crippen molar-refractivity contribution in [2.45, 2.75) is 38.5 Å². The number of thiazole rings is 1. The molecule has 0 amide bonds. The second-order valence-electron chi connectivity index (χ2n) is 5.42. The Bertz CT molecular complexity index is 543. The molecule has 0 aromatic carbocycles. The molecule has 0 saturated heterocycles. The number of nitrogens with zero attached hydrogens (tertiary/aromatic N) is 1. The fourth-order valence-corrected chi connectivity index (χ4v) is 3.52. The second-order valence-corrected chi connectivity index (χ2v) is 7.60. The summed E-state index contributed by atoms with van der Waals surface area (Å²) in [5, 5.41) is 9.23. The van der Waals surface area contributed by atoms with Gasteiger partial charge >= 0.3 is 6.18 Å². The monoisotopic (exact) mass is 321 g/mol. The Morgan fingerprint density at radius 2 is 1.75 bits per heavy atom. The quantitative estimate of drug-likeness (QED) is 0.876. The third-order valence-corrected chi connectivity index (χ3v) is 5.33. The highest BCUT2D eigenvalue weighted by Crippen LogP contribution is 2.39. The molecule has 1 unspecified atom stereocenters. The largest absolute Gasteiger partial charge is 0.443 e. The Morgan fingerprint density at radius 3 is 2.20 bits per heavy atom. The van der Waals surface area contributed by atoms with Crippen molar-refractivity contribution in [3.63, 3.8) is 0 Å². The molecule has 0 radical (unpaired) electrons. The first-order valence-corrected chi connectivity index (χ1v) is 7.53. The molecule has 7 heteroatoms. The lowest BCUT2D eigenvalue weighted by Crippen LogP contribution is -2.07. The summed E-state index contributed by atoms with van der Waals surface area (Å²) in [5.41, 5.74) is -0.0481. The van der Waals surface area contributed by atoms with Gasteiger partial charge < -0.3 is 5.11 Å². The summed E-state index contributed by atoms with van der Waals surface area (Å²) in [6.45, 7) is 6.14. The minimum Gasteiger partial charge on any atom is -0.382 e. The molecule has 0 aliphatic heterocycles. The Hall–Kier alpha value is -0.920. The highest BCUT2D eigenvalue weighted by molar-refractivity contribution is 7.13. The van der Waals surface area contributed by atoms with Crippen LogP contribution < -0.4 is 0 Å². The Kier molecular flexibility index (Phi) is 3.96. The van der Waals surface area contributed by atoms with E-state index >= 15 is 0 Å². The molecule has 2 heterocycles. The maximum Gasteiger partial charge on any atom is 0.443 e. The number of aromatic nitrogens is 1. The molecule has 2 rings (SSSR count). The third kappa shape index (κ3) is 3.21. The maximum absolute atomic E-state index is 12.5. The highest BCUT2D eigenvalue weighted by Gasteiger charge is 2.35. The van der Waals surface area contributed by atoms with Gasteiger partial charge in [0.1, 0.15) is 6.10 Å². The highest BCUT2D eigenvalue weighted by atomic mass is 32.1. The van der Waals surface area contributed by atoms with Crippen molar-refractivity contribution < 1.29 is 18.3 Å². The van der Waals surface area contributed by atoms with E-state index in [2.05, 4.69) is 4.98 Å². The number of rotatable bonds is 2. The van der Waals surface area contributed by atoms with Crippen LogP contribution in [0.15, 0.2) is 18.3 Å². The fourth-order valence-electron chi connectivity index (χ4n) is 1.59. The summed E-state index contributed by atoms with van der Waals surface area (Å²) >= 11 is 1.89. The number of halogens is 3. The van der Waals surface area contributed by atoms with E-state index in [0.717, 1.165) is 11.1 Å². The van der Waals surface area contributed by atoms with E-state index in [1.54, 1.807) is 6.07 Å². The Labute approximate surface area is 122 Å². The van der Waals surface area contributed by atoms with Crippen LogP contribution in [0.2, 0.25) is 0 Å². The van der Waals surface area contributed by atoms with Crippen molar-refractivity contribution in [3.05, 3.63) is 38.0 Å². The molecule has 0 spiro atoms. The number of alkyl halides is 3. The van der Waals surface area contributed by atoms with Crippen LogP contribution in [0.25, 0.3) is 0 Å². The molecular formula is C13H14F3NOS2. The lowest BCUT2D eigenvalue weighted by Gasteiger charge is -2.15. The summed E-state index contributed by atoms with van der Waals surface area (Å²) in [4.78, 5) is 5.24. The summed E-state index contributed by atoms with van der Waals surface area (Å²) in [6.07, 6.45) is -4.42. The van der Waals surface area contributed by atoms with Gasteiger partial charge in [0.2, 0.25) is 0 Å². The first-order valence-electron chi connectivity index (χ1n) is 5.90. The van der Waals surface area contributed by atoms with Crippen LogP contribution in [-0.4, -0.2) is 10.1 Å². The summed E-state index contributed by atoms with van der Waals surface area (Å²) in [5.74, 6) is 0. The maximum atomic E-state index is 12.5. The molecule has 2 aromatic rings. The molecule has 1 atom stereocenters. The summed E-state index contributed by atoms with van der Waals surface area (Å²) in [6, 6.07) is 3.65. The predicted octanol–water partition coefficient (Wildman–Crippen LogP) is 4.60. The molecule has 110 valence electrons. The molecular weight excluding hydrogens is 307 g/mol. The first-order chi connectivity index (χ1) is 9.09. The van der Waals surface area contributed by atoms with E-state index in [1.165, 1.54) is 11.3 Å². The van der Waals surface area contributed by atoms with Gasteiger partial charge in [-0.25, -0.2) is 4.98 Å². The van der Waals surface area contributed by atoms with Crippen LogP contribution in [0.5, 0.6) is 0 Å². The number of hydrogen-bond donors (Lipinski definition) is 1. The first kappa shape index (κ1) is 15.5. The van der Waals surface area contributed by atoms with Crippen molar-refractivity contribution in [2.24, 2.45) is 0 Å². The number of aliphatic hydroxyl groups is 1. The number of hydrogen-bond acceptors (Lipinski definition) is 4. The molecule has 1 N–H and O–H groups in total. The van der Waals surface area contributed by atoms with Gasteiger partial charge in [-0.1, -0.05) is 20.8 Å². The van der Waals surface area contributed by atoms with Crippen molar-refractivity contribution in [2.75, 3.05) is 0 Å². The standard InChI is InChI=1S/C13H14F3NOS2/c1-12(2,3)9-5-4-7(19-9)10(18)8-6-17-11(20-8)13(14,15)16/h4-6,10,18H,1-3H3. The van der Waals surface area contributed by atoms with Gasteiger partial charge in [-0.05, 0) is 17.5 Å². The summed E-state index contributed by atoms with van der Waals surface area (Å²) < 4.78 is 37.5. The minimum atomic E-state index is -4.46. The summed E-state index contributed by atoms with van der Waals surface area (Å²) in [7, 11) is 0. The normalized spacial score (nSPS) is 14.6. The molecule has 2 nitrogen and oxygen atoms in total. The molecule has 0 aliphatic rings. The molecule has 0 fully saturated rings. The zero-order chi connectivity index (χ0) is 15.1. The van der Waals surface area contributed by atoms with Crippen molar-refractivity contribution in [3.8, 4) is 0 Å². The van der Waals surface area contributed by atoms with E-state index in [4.69, 9.17) is 0 Å². The SMILES string of the molecule is CC(C)(C)c1ccc(C(O)c2cnc(C(F)(F)F)s2)s1. The van der Waals surface area contributed by atoms with Gasteiger partial charge in [0, 0.05) is 16.0 Å². The predicted molar refractivity (Wildman–Crippen MR) is 74.2 cm³/mol. The van der Waals surface area contributed by atoms with E-state index in [-0.39, 0.29) is 10.3 Å². The Morgan fingerprint density at radius 1 is 1.10 bits per heavy atom. The lowest BCUT2D eigenvalue weighted by molar-refractivity contribution is -0.137. The smallest absolute Gasteiger partial charge is 0.382 e. The van der Waals surface area contributed by atoms with Crippen LogP contribution in [0.4, 0.5) is 13.2 Å². The van der Waals surface area contributed by atoms with Crippen LogP contribution in [-0.2, 0) is 11.6 Å². The van der Waals surface area contributed by atoms with Crippen molar-refractivity contribution in [1.82, 2.24) is 4.98 Å². The van der Waals surface area contributed by atoms with Crippen LogP contribution in [0.1, 0.15) is 46.5 Å². The number of aliphatic hydroxyl groups excluding tert-OH is 1. The van der Waals surface area contributed by atoms with Gasteiger partial charge in [0.05, 0.1) is 4.88 Å². The topological polar surface area (TPSA) is 33.1 Å². The molecule has 0 aliphatic carbocycles. The molecule has 0 bridgehead atoms. The lowest BCUT2D eigenvalue weighted by atomic mass is 9.95. The van der Waals surface area contributed by atoms with E-state index in [0.29, 0.717) is 16.2 Å². The average molecular weight is 321 g/mol. The molecule has 2 aromatic heterocycles. The van der Waals surface area contributed by atoms with Gasteiger partial charge in [-0.2, -0.15) is 13.2 Å². The third-order valence-electron chi connectivity index (χ3n) is 2.67. The zero-order valence-corrected chi connectivity index (χ0v) is 12.8. The van der Waals surface area contributed by atoms with Gasteiger partial charge in [-0.15, -0.1) is 22.7 Å². The van der Waals surface area contributed by atoms with Crippen LogP contribution in [0, 0.1) is 0 Å². The average Bonchev–Trinajstić information content (AvgIpc) is 2.96. The fraction of sp³-hybridized carbons (Fsp3) is 0.462. The van der Waals surface area contributed by atoms with E-state index in [9.17, 15) is 18.3 Å². The van der Waals surface area contributed by atoms with Gasteiger partial charge in [-0.3, -0.25) is 0 Å². The second kappa shape index (κ2) is 5.13. The molecule has 0 saturated carbocycles. The Balaban J connectivity index is 2.25. The van der Waals surface area contributed by atoms with Gasteiger partial charge in [0.25, 0.3) is 0 Å². The number of thiophene rings is 1. The van der Waals surface area contributed by atoms with E-state index < -0.39 is 17.3 Å². The van der Waals surface area contributed by atoms with Crippen LogP contribution in [0.3, 0.4) is 0 Å². The van der Waals surface area contributed by atoms with Crippen molar-refractivity contribution >= 4 is 22.7 Å². The van der Waals surface area contributed by atoms with Crippen molar-refractivity contribution in [1.29, 1.82) is 0 Å². The zero-order valence-electron chi connectivity index (χ0n) is 11.2. The van der Waals surface area contributed by atoms with E-state index in [1.807, 2.05) is 26.8 Å².